The second-order valence-corrected chi connectivity index (χ2v) is 9.73. The number of benzene rings is 1. The van der Waals surface area contributed by atoms with E-state index in [0.717, 1.165) is 43.9 Å². The predicted molar refractivity (Wildman–Crippen MR) is 117 cm³/mol. The largest absolute Gasteiger partial charge is 0.482 e. The van der Waals surface area contributed by atoms with Crippen LogP contribution >= 0.6 is 0 Å². The number of hydrogen-bond acceptors (Lipinski definition) is 3. The van der Waals surface area contributed by atoms with Gasteiger partial charge in [-0.05, 0) is 95.7 Å². The highest BCUT2D eigenvalue weighted by Gasteiger charge is 2.52. The minimum atomic E-state index is -4.40. The molecule has 33 heavy (non-hydrogen) atoms. The van der Waals surface area contributed by atoms with Crippen LogP contribution in [0.1, 0.15) is 60.8 Å². The van der Waals surface area contributed by atoms with Crippen molar-refractivity contribution in [1.29, 1.82) is 0 Å². The Morgan fingerprint density at radius 2 is 2.06 bits per heavy atom. The Balaban J connectivity index is 1.39. The second-order valence-electron chi connectivity index (χ2n) is 9.73. The predicted octanol–water partition coefficient (Wildman–Crippen LogP) is 6.11. The van der Waals surface area contributed by atoms with E-state index in [0.29, 0.717) is 29.1 Å². The summed E-state index contributed by atoms with van der Waals surface area (Å²) >= 11 is 0. The summed E-state index contributed by atoms with van der Waals surface area (Å²) in [6.45, 7) is 1.86. The zero-order chi connectivity index (χ0) is 23.4. The van der Waals surface area contributed by atoms with Gasteiger partial charge in [0.05, 0.1) is 5.56 Å². The average Bonchev–Trinajstić information content (AvgIpc) is 3.14. The summed E-state index contributed by atoms with van der Waals surface area (Å²) in [5.41, 5.74) is 3.27. The van der Waals surface area contributed by atoms with E-state index >= 15 is 0 Å². The van der Waals surface area contributed by atoms with Crippen LogP contribution < -0.4 is 4.74 Å². The fourth-order valence-electron chi connectivity index (χ4n) is 6.55. The lowest BCUT2D eigenvalue weighted by molar-refractivity contribution is -0.139. The number of fused-ring (bicyclic) bond motifs is 5. The van der Waals surface area contributed by atoms with Crippen molar-refractivity contribution in [2.24, 2.45) is 17.3 Å². The number of allylic oxidation sites excluding steroid dienone is 2. The Morgan fingerprint density at radius 1 is 1.24 bits per heavy atom. The number of carbonyl (C=O) groups is 1. The highest BCUT2D eigenvalue weighted by Crippen LogP contribution is 2.63. The molecule has 0 radical (unpaired) electrons. The number of aliphatic carboxylic acids is 1. The zero-order valence-electron chi connectivity index (χ0n) is 18.4. The molecule has 1 heterocycles. The van der Waals surface area contributed by atoms with Gasteiger partial charge in [0.1, 0.15) is 5.75 Å². The molecule has 0 bridgehead atoms. The molecule has 5 rings (SSSR count). The van der Waals surface area contributed by atoms with Crippen molar-refractivity contribution >= 4 is 11.5 Å². The first-order valence-corrected chi connectivity index (χ1v) is 11.4. The summed E-state index contributed by atoms with van der Waals surface area (Å²) < 4.78 is 45.2. The fraction of sp³-hybridized carbons (Fsp3) is 0.462. The molecular weight excluding hydrogens is 431 g/mol. The highest BCUT2D eigenvalue weighted by molar-refractivity contribution is 5.73. The SMILES string of the molecule is C[C@]12CC[C@@H]3c4ccc(OCC(=O)O)cc4CC[C@H]3[C@@H]1CC=C2c1cncc(C(F)(F)F)c1. The first kappa shape index (κ1) is 22.0. The number of carboxylic acid groups (broad SMARTS) is 1. The van der Waals surface area contributed by atoms with Crippen molar-refractivity contribution in [3.8, 4) is 5.75 Å². The monoisotopic (exact) mass is 457 g/mol. The van der Waals surface area contributed by atoms with Gasteiger partial charge in [-0.1, -0.05) is 19.1 Å². The number of pyridine rings is 1. The molecule has 4 nitrogen and oxygen atoms in total. The van der Waals surface area contributed by atoms with Crippen LogP contribution in [0.4, 0.5) is 13.2 Å². The van der Waals surface area contributed by atoms with Crippen LogP contribution in [0.25, 0.3) is 5.57 Å². The van der Waals surface area contributed by atoms with Gasteiger partial charge in [0.25, 0.3) is 0 Å². The molecule has 2 aromatic rings. The standard InChI is InChI=1S/C26H26F3NO3/c1-25-9-8-20-19-5-3-18(33-14-24(31)32)11-15(19)2-4-21(20)23(25)7-6-22(25)16-10-17(13-30-12-16)26(27,28)29/h3,5-6,10-13,20-21,23H,2,4,7-9,14H2,1H3,(H,31,32)/t20-,21-,23+,25-/m1/s1. The summed E-state index contributed by atoms with van der Waals surface area (Å²) in [4.78, 5) is 14.7. The molecule has 0 aliphatic heterocycles. The van der Waals surface area contributed by atoms with Gasteiger partial charge in [-0.15, -0.1) is 0 Å². The molecule has 0 saturated heterocycles. The number of aryl methyl sites for hydroxylation is 1. The summed E-state index contributed by atoms with van der Waals surface area (Å²) in [6.07, 6.45) is 4.87. The number of hydrogen-bond donors (Lipinski definition) is 1. The molecule has 1 aromatic heterocycles. The lowest BCUT2D eigenvalue weighted by Gasteiger charge is -2.50. The van der Waals surface area contributed by atoms with Gasteiger partial charge in [-0.2, -0.15) is 13.2 Å². The number of aromatic nitrogens is 1. The summed E-state index contributed by atoms with van der Waals surface area (Å²) in [5, 5.41) is 8.85. The lowest BCUT2D eigenvalue weighted by atomic mass is 9.54. The van der Waals surface area contributed by atoms with E-state index < -0.39 is 17.7 Å². The Kier molecular flexibility index (Phi) is 5.26. The van der Waals surface area contributed by atoms with Gasteiger partial charge in [0, 0.05) is 12.4 Å². The molecule has 1 fully saturated rings. The molecule has 174 valence electrons. The van der Waals surface area contributed by atoms with Gasteiger partial charge in [-0.25, -0.2) is 4.79 Å². The van der Waals surface area contributed by atoms with Crippen molar-refractivity contribution in [1.82, 2.24) is 4.98 Å². The first-order valence-electron chi connectivity index (χ1n) is 11.4. The number of nitrogens with zero attached hydrogens (tertiary/aromatic N) is 1. The van der Waals surface area contributed by atoms with Crippen LogP contribution in [0.15, 0.2) is 42.7 Å². The lowest BCUT2D eigenvalue weighted by Crippen LogP contribution is -2.40. The van der Waals surface area contributed by atoms with E-state index in [1.54, 1.807) is 6.20 Å². The van der Waals surface area contributed by atoms with Gasteiger partial charge in [0.2, 0.25) is 0 Å². The van der Waals surface area contributed by atoms with Crippen molar-refractivity contribution < 1.29 is 27.8 Å². The van der Waals surface area contributed by atoms with Crippen LogP contribution in [0.5, 0.6) is 5.75 Å². The van der Waals surface area contributed by atoms with Crippen LogP contribution in [-0.2, 0) is 17.4 Å². The van der Waals surface area contributed by atoms with E-state index in [4.69, 9.17) is 9.84 Å². The maximum atomic E-state index is 13.3. The molecular formula is C26H26F3NO3. The topological polar surface area (TPSA) is 59.4 Å². The third-order valence-corrected chi connectivity index (χ3v) is 8.02. The Morgan fingerprint density at radius 3 is 2.82 bits per heavy atom. The molecule has 3 aliphatic carbocycles. The quantitative estimate of drug-likeness (QED) is 0.602. The van der Waals surface area contributed by atoms with E-state index in [-0.39, 0.29) is 12.0 Å². The highest BCUT2D eigenvalue weighted by atomic mass is 19.4. The van der Waals surface area contributed by atoms with Gasteiger partial charge < -0.3 is 9.84 Å². The van der Waals surface area contributed by atoms with E-state index in [9.17, 15) is 18.0 Å². The zero-order valence-corrected chi connectivity index (χ0v) is 18.4. The molecule has 1 aromatic carbocycles. The third-order valence-electron chi connectivity index (χ3n) is 8.02. The molecule has 0 spiro atoms. The van der Waals surface area contributed by atoms with Crippen molar-refractivity contribution in [3.63, 3.8) is 0 Å². The normalized spacial score (nSPS) is 28.4. The van der Waals surface area contributed by atoms with Gasteiger partial charge >= 0.3 is 12.1 Å². The summed E-state index contributed by atoms with van der Waals surface area (Å²) in [6, 6.07) is 7.14. The average molecular weight is 457 g/mol. The minimum absolute atomic E-state index is 0.158. The summed E-state index contributed by atoms with van der Waals surface area (Å²) in [5.74, 6) is 0.844. The fourth-order valence-corrected chi connectivity index (χ4v) is 6.55. The minimum Gasteiger partial charge on any atom is -0.482 e. The molecule has 0 unspecified atom stereocenters. The number of alkyl halides is 3. The van der Waals surface area contributed by atoms with Crippen LogP contribution in [0.3, 0.4) is 0 Å². The second kappa shape index (κ2) is 7.89. The first-order chi connectivity index (χ1) is 15.7. The van der Waals surface area contributed by atoms with Crippen LogP contribution in [0, 0.1) is 17.3 Å². The van der Waals surface area contributed by atoms with Crippen LogP contribution in [0.2, 0.25) is 0 Å². The van der Waals surface area contributed by atoms with Gasteiger partial charge in [-0.3, -0.25) is 4.98 Å². The number of carboxylic acids is 1. The van der Waals surface area contributed by atoms with Crippen molar-refractivity contribution in [3.05, 3.63) is 65.0 Å². The number of halogens is 3. The summed E-state index contributed by atoms with van der Waals surface area (Å²) in [7, 11) is 0. The van der Waals surface area contributed by atoms with Crippen molar-refractivity contribution in [2.75, 3.05) is 6.61 Å². The maximum absolute atomic E-state index is 13.3. The smallest absolute Gasteiger partial charge is 0.417 e. The van der Waals surface area contributed by atoms with Gasteiger partial charge in [0.15, 0.2) is 6.61 Å². The van der Waals surface area contributed by atoms with E-state index in [1.807, 2.05) is 12.1 Å². The molecule has 3 aliphatic rings. The Bertz CT molecular complexity index is 1130. The Hall–Kier alpha value is -2.83. The van der Waals surface area contributed by atoms with Crippen LogP contribution in [-0.4, -0.2) is 22.7 Å². The van der Waals surface area contributed by atoms with Crippen molar-refractivity contribution in [2.45, 2.75) is 51.1 Å². The molecule has 0 amide bonds. The Labute approximate surface area is 190 Å². The van der Waals surface area contributed by atoms with E-state index in [2.05, 4.69) is 24.1 Å². The molecule has 1 N–H and O–H groups in total. The number of ether oxygens (including phenoxy) is 1. The molecule has 4 atom stereocenters. The van der Waals surface area contributed by atoms with E-state index in [1.165, 1.54) is 17.2 Å². The third kappa shape index (κ3) is 3.81. The number of rotatable bonds is 4. The maximum Gasteiger partial charge on any atom is 0.417 e. The molecule has 1 saturated carbocycles. The molecule has 7 heteroatoms.